The van der Waals surface area contributed by atoms with Crippen molar-refractivity contribution in [3.8, 4) is 11.5 Å². The summed E-state index contributed by atoms with van der Waals surface area (Å²) in [4.78, 5) is 2.30. The van der Waals surface area contributed by atoms with Gasteiger partial charge in [-0.3, -0.25) is 4.90 Å². The first-order valence-corrected chi connectivity index (χ1v) is 8.65. The van der Waals surface area contributed by atoms with Crippen molar-refractivity contribution in [2.45, 2.75) is 38.8 Å². The number of hydrogen-bond donors (Lipinski definition) is 3. The van der Waals surface area contributed by atoms with Crippen LogP contribution in [0.25, 0.3) is 0 Å². The Morgan fingerprint density at radius 2 is 1.29 bits per heavy atom. The molecule has 0 unspecified atom stereocenters. The maximum Gasteiger partial charge on any atom is 0.120 e. The fraction of sp³-hybridized carbons (Fsp3) is 0.400. The summed E-state index contributed by atoms with van der Waals surface area (Å²) in [5, 5.41) is 20.6. The lowest BCUT2D eigenvalue weighted by atomic mass is 9.91. The molecule has 2 atom stereocenters. The monoisotopic (exact) mass is 328 g/mol. The summed E-state index contributed by atoms with van der Waals surface area (Å²) >= 11 is 0. The highest BCUT2D eigenvalue weighted by Gasteiger charge is 2.30. The minimum Gasteiger partial charge on any atom is -0.508 e. The maximum atomic E-state index is 10.4. The van der Waals surface area contributed by atoms with Gasteiger partial charge in [0.1, 0.15) is 11.5 Å². The van der Waals surface area contributed by atoms with E-state index in [1.807, 2.05) is 30.3 Å². The fourth-order valence-corrected chi connectivity index (χ4v) is 3.26. The van der Waals surface area contributed by atoms with Crippen LogP contribution in [0.1, 0.15) is 49.9 Å². The van der Waals surface area contributed by atoms with Crippen LogP contribution in [-0.4, -0.2) is 28.2 Å². The molecule has 0 saturated carbocycles. The first kappa shape index (κ1) is 18.3. The molecule has 130 valence electrons. The highest BCUT2D eigenvalue weighted by molar-refractivity contribution is 5.41. The standard InChI is InChI=1S/C20H28N2O2/c1-3-13-22(14-4-2)20(16-10-6-8-12-18(16)24)19(21)15-9-5-7-11-17(15)23/h5-12,19-20,23-24H,3-4,13-14,21H2,1-2H3/t19-,20-/m0/s1. The molecule has 0 heterocycles. The van der Waals surface area contributed by atoms with E-state index in [1.165, 1.54) is 0 Å². The summed E-state index contributed by atoms with van der Waals surface area (Å²) in [5.41, 5.74) is 8.09. The van der Waals surface area contributed by atoms with Gasteiger partial charge in [0.2, 0.25) is 0 Å². The van der Waals surface area contributed by atoms with Crippen LogP contribution < -0.4 is 5.73 Å². The van der Waals surface area contributed by atoms with Crippen LogP contribution in [0, 0.1) is 0 Å². The van der Waals surface area contributed by atoms with Crippen molar-refractivity contribution in [1.82, 2.24) is 4.90 Å². The SMILES string of the molecule is CCCN(CCC)[C@@H](c1ccccc1O)[C@@H](N)c1ccccc1O. The molecule has 0 aromatic heterocycles. The van der Waals surface area contributed by atoms with Crippen molar-refractivity contribution < 1.29 is 10.2 Å². The Labute approximate surface area is 144 Å². The summed E-state index contributed by atoms with van der Waals surface area (Å²) in [6, 6.07) is 13.9. The number of phenolic OH excluding ortho intramolecular Hbond substituents is 2. The summed E-state index contributed by atoms with van der Waals surface area (Å²) in [6.45, 7) is 6.04. The molecular formula is C20H28N2O2. The minimum atomic E-state index is -0.433. The zero-order chi connectivity index (χ0) is 17.5. The van der Waals surface area contributed by atoms with Crippen molar-refractivity contribution >= 4 is 0 Å². The van der Waals surface area contributed by atoms with E-state index in [-0.39, 0.29) is 17.5 Å². The zero-order valence-corrected chi connectivity index (χ0v) is 14.5. The molecule has 24 heavy (non-hydrogen) atoms. The van der Waals surface area contributed by atoms with Crippen molar-refractivity contribution in [2.75, 3.05) is 13.1 Å². The zero-order valence-electron chi connectivity index (χ0n) is 14.5. The summed E-state index contributed by atoms with van der Waals surface area (Å²) in [6.07, 6.45) is 2.00. The average Bonchev–Trinajstić information content (AvgIpc) is 2.57. The number of aromatic hydroxyl groups is 2. The third kappa shape index (κ3) is 4.08. The number of para-hydroxylation sites is 2. The summed E-state index contributed by atoms with van der Waals surface area (Å²) in [7, 11) is 0. The van der Waals surface area contributed by atoms with Gasteiger partial charge in [0.15, 0.2) is 0 Å². The molecule has 0 aliphatic rings. The second-order valence-corrected chi connectivity index (χ2v) is 6.12. The van der Waals surface area contributed by atoms with Gasteiger partial charge >= 0.3 is 0 Å². The number of nitrogens with two attached hydrogens (primary N) is 1. The smallest absolute Gasteiger partial charge is 0.120 e. The van der Waals surface area contributed by atoms with Gasteiger partial charge in [-0.05, 0) is 38.1 Å². The molecule has 0 aliphatic heterocycles. The first-order valence-electron chi connectivity index (χ1n) is 8.65. The number of benzene rings is 2. The second kappa shape index (κ2) is 8.71. The van der Waals surface area contributed by atoms with Gasteiger partial charge in [0, 0.05) is 11.1 Å². The molecule has 4 heteroatoms. The van der Waals surface area contributed by atoms with Crippen molar-refractivity contribution in [3.05, 3.63) is 59.7 Å². The molecule has 0 fully saturated rings. The largest absolute Gasteiger partial charge is 0.508 e. The molecule has 0 aliphatic carbocycles. The van der Waals surface area contributed by atoms with Crippen LogP contribution in [0.2, 0.25) is 0 Å². The van der Waals surface area contributed by atoms with Gasteiger partial charge in [0.25, 0.3) is 0 Å². The lowest BCUT2D eigenvalue weighted by Gasteiger charge is -2.36. The molecule has 2 aromatic carbocycles. The molecule has 2 aromatic rings. The number of hydrogen-bond acceptors (Lipinski definition) is 4. The van der Waals surface area contributed by atoms with Crippen molar-refractivity contribution in [1.29, 1.82) is 0 Å². The number of phenols is 2. The van der Waals surface area contributed by atoms with Crippen molar-refractivity contribution in [2.24, 2.45) is 5.73 Å². The molecule has 0 radical (unpaired) electrons. The highest BCUT2D eigenvalue weighted by atomic mass is 16.3. The third-order valence-electron chi connectivity index (χ3n) is 4.31. The van der Waals surface area contributed by atoms with E-state index >= 15 is 0 Å². The quantitative estimate of drug-likeness (QED) is 0.686. The molecule has 4 nitrogen and oxygen atoms in total. The molecule has 4 N–H and O–H groups in total. The van der Waals surface area contributed by atoms with E-state index in [0.29, 0.717) is 5.56 Å². The molecule has 0 amide bonds. The topological polar surface area (TPSA) is 69.7 Å². The van der Waals surface area contributed by atoms with Gasteiger partial charge in [-0.15, -0.1) is 0 Å². The van der Waals surface area contributed by atoms with Crippen LogP contribution >= 0.6 is 0 Å². The predicted octanol–water partition coefficient (Wildman–Crippen LogP) is 3.96. The molecule has 2 rings (SSSR count). The summed E-state index contributed by atoms with van der Waals surface area (Å²) in [5.74, 6) is 0.434. The maximum absolute atomic E-state index is 10.4. The Morgan fingerprint density at radius 1 is 0.833 bits per heavy atom. The van der Waals surface area contributed by atoms with Crippen LogP contribution in [0.4, 0.5) is 0 Å². The van der Waals surface area contributed by atoms with E-state index in [0.717, 1.165) is 31.5 Å². The lowest BCUT2D eigenvalue weighted by molar-refractivity contribution is 0.167. The van der Waals surface area contributed by atoms with Gasteiger partial charge in [-0.25, -0.2) is 0 Å². The Kier molecular flexibility index (Phi) is 6.64. The Bertz CT molecular complexity index is 639. The number of nitrogens with zero attached hydrogens (tertiary/aromatic N) is 1. The van der Waals surface area contributed by atoms with Gasteiger partial charge in [0.05, 0.1) is 12.1 Å². The van der Waals surface area contributed by atoms with Gasteiger partial charge in [-0.2, -0.15) is 0 Å². The van der Waals surface area contributed by atoms with E-state index in [4.69, 9.17) is 5.73 Å². The third-order valence-corrected chi connectivity index (χ3v) is 4.31. The Balaban J connectivity index is 2.49. The van der Waals surface area contributed by atoms with E-state index in [2.05, 4.69) is 18.7 Å². The first-order chi connectivity index (χ1) is 11.6. The van der Waals surface area contributed by atoms with Crippen LogP contribution in [0.5, 0.6) is 11.5 Å². The van der Waals surface area contributed by atoms with E-state index < -0.39 is 6.04 Å². The average molecular weight is 328 g/mol. The summed E-state index contributed by atoms with van der Waals surface area (Å²) < 4.78 is 0. The van der Waals surface area contributed by atoms with Crippen molar-refractivity contribution in [3.63, 3.8) is 0 Å². The fourth-order valence-electron chi connectivity index (χ4n) is 3.26. The normalized spacial score (nSPS) is 13.8. The van der Waals surface area contributed by atoms with Crippen LogP contribution in [0.15, 0.2) is 48.5 Å². The van der Waals surface area contributed by atoms with Gasteiger partial charge in [-0.1, -0.05) is 50.2 Å². The van der Waals surface area contributed by atoms with E-state index in [1.54, 1.807) is 18.2 Å². The van der Waals surface area contributed by atoms with Crippen LogP contribution in [0.3, 0.4) is 0 Å². The minimum absolute atomic E-state index is 0.193. The van der Waals surface area contributed by atoms with Crippen LogP contribution in [-0.2, 0) is 0 Å². The molecule has 0 saturated heterocycles. The Hall–Kier alpha value is -2.04. The highest BCUT2D eigenvalue weighted by Crippen LogP contribution is 2.39. The number of rotatable bonds is 8. The van der Waals surface area contributed by atoms with E-state index in [9.17, 15) is 10.2 Å². The molecule has 0 spiro atoms. The molecule has 0 bridgehead atoms. The van der Waals surface area contributed by atoms with Gasteiger partial charge < -0.3 is 15.9 Å². The Morgan fingerprint density at radius 3 is 1.75 bits per heavy atom. The predicted molar refractivity (Wildman–Crippen MR) is 98.0 cm³/mol. The lowest BCUT2D eigenvalue weighted by Crippen LogP contribution is -2.37. The second-order valence-electron chi connectivity index (χ2n) is 6.12. The molecular weight excluding hydrogens is 300 g/mol.